The van der Waals surface area contributed by atoms with E-state index < -0.39 is 0 Å². The third-order valence-electron chi connectivity index (χ3n) is 4.23. The van der Waals surface area contributed by atoms with Crippen LogP contribution in [-0.4, -0.2) is 37.0 Å². The van der Waals surface area contributed by atoms with E-state index in [2.05, 4.69) is 17.1 Å². The lowest BCUT2D eigenvalue weighted by atomic mass is 9.98. The second kappa shape index (κ2) is 6.80. The zero-order chi connectivity index (χ0) is 15.4. The number of anilines is 2. The van der Waals surface area contributed by atoms with Crippen LogP contribution in [0, 0.1) is 5.92 Å². The first-order valence-corrected chi connectivity index (χ1v) is 7.49. The molecule has 1 fully saturated rings. The van der Waals surface area contributed by atoms with Crippen LogP contribution in [0.2, 0.25) is 0 Å². The van der Waals surface area contributed by atoms with E-state index in [0.29, 0.717) is 17.1 Å². The van der Waals surface area contributed by atoms with Crippen molar-refractivity contribution in [2.24, 2.45) is 5.92 Å². The molecule has 1 unspecified atom stereocenters. The van der Waals surface area contributed by atoms with Gasteiger partial charge in [-0.2, -0.15) is 0 Å². The molecule has 5 nitrogen and oxygen atoms in total. The third kappa shape index (κ3) is 3.88. The zero-order valence-corrected chi connectivity index (χ0v) is 13.1. The number of ether oxygens (including phenoxy) is 1. The average molecular weight is 291 g/mol. The Labute approximate surface area is 126 Å². The standard InChI is InChI=1S/C16H25N3O2/c1-11-6-8-19(9-7-11)12(2)16(20)18-14-10-13(17)4-5-15(14)21-3/h4-5,10-12H,6-9,17H2,1-3H3,(H,18,20). The number of nitrogens with one attached hydrogen (secondary N) is 1. The predicted octanol–water partition coefficient (Wildman–Crippen LogP) is 2.34. The summed E-state index contributed by atoms with van der Waals surface area (Å²) in [5, 5.41) is 2.92. The van der Waals surface area contributed by atoms with Gasteiger partial charge in [-0.25, -0.2) is 0 Å². The lowest BCUT2D eigenvalue weighted by Gasteiger charge is -2.34. The van der Waals surface area contributed by atoms with Crippen LogP contribution in [0.15, 0.2) is 18.2 Å². The SMILES string of the molecule is COc1ccc(N)cc1NC(=O)C(C)N1CCC(C)CC1. The summed E-state index contributed by atoms with van der Waals surface area (Å²) in [6.07, 6.45) is 2.30. The summed E-state index contributed by atoms with van der Waals surface area (Å²) in [5.74, 6) is 1.36. The Morgan fingerprint density at radius 1 is 1.43 bits per heavy atom. The number of carbonyl (C=O) groups excluding carboxylic acids is 1. The van der Waals surface area contributed by atoms with Crippen LogP contribution < -0.4 is 15.8 Å². The molecule has 0 bridgehead atoms. The van der Waals surface area contributed by atoms with Gasteiger partial charge in [-0.15, -0.1) is 0 Å². The molecule has 1 heterocycles. The highest BCUT2D eigenvalue weighted by Crippen LogP contribution is 2.27. The number of hydrogen-bond donors (Lipinski definition) is 2. The minimum Gasteiger partial charge on any atom is -0.495 e. The van der Waals surface area contributed by atoms with Gasteiger partial charge in [0.15, 0.2) is 0 Å². The van der Waals surface area contributed by atoms with E-state index in [1.54, 1.807) is 25.3 Å². The second-order valence-electron chi connectivity index (χ2n) is 5.84. The van der Waals surface area contributed by atoms with Crippen LogP contribution in [0.3, 0.4) is 0 Å². The summed E-state index contributed by atoms with van der Waals surface area (Å²) in [5.41, 5.74) is 7.00. The molecule has 0 spiro atoms. The predicted molar refractivity (Wildman–Crippen MR) is 85.5 cm³/mol. The van der Waals surface area contributed by atoms with Gasteiger partial charge in [0.2, 0.25) is 5.91 Å². The average Bonchev–Trinajstić information content (AvgIpc) is 2.47. The Kier molecular flexibility index (Phi) is 5.07. The van der Waals surface area contributed by atoms with E-state index in [9.17, 15) is 4.79 Å². The number of hydrogen-bond acceptors (Lipinski definition) is 4. The molecule has 5 heteroatoms. The summed E-state index contributed by atoms with van der Waals surface area (Å²) >= 11 is 0. The minimum absolute atomic E-state index is 0.0200. The van der Waals surface area contributed by atoms with Crippen LogP contribution in [0.5, 0.6) is 5.75 Å². The number of amides is 1. The number of carbonyl (C=O) groups is 1. The number of nitrogen functional groups attached to an aromatic ring is 1. The summed E-state index contributed by atoms with van der Waals surface area (Å²) in [6, 6.07) is 5.09. The fourth-order valence-electron chi connectivity index (χ4n) is 2.64. The van der Waals surface area contributed by atoms with Gasteiger partial charge in [-0.3, -0.25) is 9.69 Å². The van der Waals surface area contributed by atoms with E-state index in [4.69, 9.17) is 10.5 Å². The van der Waals surface area contributed by atoms with E-state index in [1.807, 2.05) is 6.92 Å². The topological polar surface area (TPSA) is 67.6 Å². The molecular formula is C16H25N3O2. The largest absolute Gasteiger partial charge is 0.495 e. The molecule has 21 heavy (non-hydrogen) atoms. The number of nitrogens with two attached hydrogens (primary N) is 1. The fraction of sp³-hybridized carbons (Fsp3) is 0.562. The Balaban J connectivity index is 2.02. The Morgan fingerprint density at radius 2 is 2.10 bits per heavy atom. The molecule has 1 aromatic rings. The van der Waals surface area contributed by atoms with Crippen molar-refractivity contribution in [3.05, 3.63) is 18.2 Å². The van der Waals surface area contributed by atoms with Gasteiger partial charge in [0.25, 0.3) is 0 Å². The van der Waals surface area contributed by atoms with Crippen LogP contribution in [0.1, 0.15) is 26.7 Å². The summed E-state index contributed by atoms with van der Waals surface area (Å²) < 4.78 is 5.26. The number of rotatable bonds is 4. The summed E-state index contributed by atoms with van der Waals surface area (Å²) in [7, 11) is 1.58. The fourth-order valence-corrected chi connectivity index (χ4v) is 2.64. The maximum Gasteiger partial charge on any atom is 0.241 e. The molecule has 0 aliphatic carbocycles. The molecule has 0 radical (unpaired) electrons. The number of benzene rings is 1. The van der Waals surface area contributed by atoms with Gasteiger partial charge in [0.1, 0.15) is 5.75 Å². The van der Waals surface area contributed by atoms with Gasteiger partial charge in [0, 0.05) is 5.69 Å². The molecule has 2 rings (SSSR count). The van der Waals surface area contributed by atoms with Gasteiger partial charge >= 0.3 is 0 Å². The van der Waals surface area contributed by atoms with Crippen LogP contribution in [0.25, 0.3) is 0 Å². The molecule has 1 atom stereocenters. The van der Waals surface area contributed by atoms with Gasteiger partial charge in [0.05, 0.1) is 18.8 Å². The van der Waals surface area contributed by atoms with E-state index in [0.717, 1.165) is 31.8 Å². The van der Waals surface area contributed by atoms with Crippen molar-refractivity contribution in [1.29, 1.82) is 0 Å². The molecule has 3 N–H and O–H groups in total. The molecule has 116 valence electrons. The van der Waals surface area contributed by atoms with E-state index >= 15 is 0 Å². The van der Waals surface area contributed by atoms with Crippen LogP contribution >= 0.6 is 0 Å². The highest BCUT2D eigenvalue weighted by atomic mass is 16.5. The molecule has 1 amide bonds. The summed E-state index contributed by atoms with van der Waals surface area (Å²) in [4.78, 5) is 14.7. The maximum absolute atomic E-state index is 12.4. The monoisotopic (exact) mass is 291 g/mol. The molecule has 1 aromatic carbocycles. The normalized spacial score (nSPS) is 18.2. The Morgan fingerprint density at radius 3 is 2.71 bits per heavy atom. The number of piperidine rings is 1. The van der Waals surface area contributed by atoms with Crippen molar-refractivity contribution in [2.45, 2.75) is 32.7 Å². The van der Waals surface area contributed by atoms with E-state index in [1.165, 1.54) is 0 Å². The van der Waals surface area contributed by atoms with Crippen LogP contribution in [-0.2, 0) is 4.79 Å². The molecular weight excluding hydrogens is 266 g/mol. The number of methoxy groups -OCH3 is 1. The molecule has 1 saturated heterocycles. The third-order valence-corrected chi connectivity index (χ3v) is 4.23. The lowest BCUT2D eigenvalue weighted by molar-refractivity contribution is -0.121. The Hall–Kier alpha value is -1.75. The van der Waals surface area contributed by atoms with Crippen molar-refractivity contribution in [1.82, 2.24) is 4.90 Å². The Bertz CT molecular complexity index is 496. The maximum atomic E-state index is 12.4. The summed E-state index contributed by atoms with van der Waals surface area (Å²) in [6.45, 7) is 6.16. The smallest absolute Gasteiger partial charge is 0.241 e. The minimum atomic E-state index is -0.149. The first-order valence-electron chi connectivity index (χ1n) is 7.49. The highest BCUT2D eigenvalue weighted by Gasteiger charge is 2.25. The van der Waals surface area contributed by atoms with Gasteiger partial charge < -0.3 is 15.8 Å². The van der Waals surface area contributed by atoms with Gasteiger partial charge in [-0.05, 0) is 57.0 Å². The van der Waals surface area contributed by atoms with Crippen molar-refractivity contribution < 1.29 is 9.53 Å². The highest BCUT2D eigenvalue weighted by molar-refractivity contribution is 5.96. The van der Waals surface area contributed by atoms with Crippen molar-refractivity contribution in [3.63, 3.8) is 0 Å². The number of likely N-dealkylation sites (tertiary alicyclic amines) is 1. The van der Waals surface area contributed by atoms with Crippen molar-refractivity contribution in [3.8, 4) is 5.75 Å². The first-order chi connectivity index (χ1) is 10.0. The first kappa shape index (κ1) is 15.6. The van der Waals surface area contributed by atoms with E-state index in [-0.39, 0.29) is 11.9 Å². The molecule has 1 aliphatic rings. The van der Waals surface area contributed by atoms with Crippen molar-refractivity contribution in [2.75, 3.05) is 31.2 Å². The number of nitrogens with zero attached hydrogens (tertiary/aromatic N) is 1. The van der Waals surface area contributed by atoms with Gasteiger partial charge in [-0.1, -0.05) is 6.92 Å². The lowest BCUT2D eigenvalue weighted by Crippen LogP contribution is -2.45. The molecule has 0 saturated carbocycles. The zero-order valence-electron chi connectivity index (χ0n) is 13.1. The second-order valence-corrected chi connectivity index (χ2v) is 5.84. The molecule has 0 aromatic heterocycles. The van der Waals surface area contributed by atoms with Crippen molar-refractivity contribution >= 4 is 17.3 Å². The molecule has 1 aliphatic heterocycles. The quantitative estimate of drug-likeness (QED) is 0.836. The van der Waals surface area contributed by atoms with Crippen LogP contribution in [0.4, 0.5) is 11.4 Å².